The monoisotopic (exact) mass is 319 g/mol. The third-order valence-electron chi connectivity index (χ3n) is 2.83. The molecule has 1 aromatic heterocycles. The maximum atomic E-state index is 11.7. The molecule has 0 bridgehead atoms. The van der Waals surface area contributed by atoms with E-state index < -0.39 is 0 Å². The van der Waals surface area contributed by atoms with Gasteiger partial charge in [0, 0.05) is 30.5 Å². The van der Waals surface area contributed by atoms with E-state index in [4.69, 9.17) is 4.74 Å². The van der Waals surface area contributed by atoms with Crippen LogP contribution >= 0.6 is 28.3 Å². The largest absolute Gasteiger partial charge is 0.379 e. The van der Waals surface area contributed by atoms with E-state index >= 15 is 0 Å². The molecule has 0 radical (unpaired) electrons. The van der Waals surface area contributed by atoms with E-state index in [1.54, 1.807) is 11.3 Å². The Balaban J connectivity index is 0.00000144. The molecule has 1 fully saturated rings. The van der Waals surface area contributed by atoms with Crippen LogP contribution in [0.4, 0.5) is 0 Å². The lowest BCUT2D eigenvalue weighted by Gasteiger charge is -2.26. The lowest BCUT2D eigenvalue weighted by atomic mass is 10.1. The van der Waals surface area contributed by atoms with Crippen molar-refractivity contribution in [2.45, 2.75) is 12.8 Å². The number of ketones is 1. The molecule has 1 saturated heterocycles. The van der Waals surface area contributed by atoms with E-state index in [1.807, 2.05) is 16.8 Å². The summed E-state index contributed by atoms with van der Waals surface area (Å²) in [7, 11) is 0. The second-order valence-electron chi connectivity index (χ2n) is 3.99. The molecule has 0 aromatic carbocycles. The number of hydrogen-bond donors (Lipinski definition) is 0. The molecule has 17 heavy (non-hydrogen) atoms. The summed E-state index contributed by atoms with van der Waals surface area (Å²) >= 11 is 1.58. The fraction of sp³-hybridized carbons (Fsp3) is 0.583. The van der Waals surface area contributed by atoms with Gasteiger partial charge in [-0.3, -0.25) is 9.69 Å². The molecule has 1 aromatic rings. The minimum absolute atomic E-state index is 0. The summed E-state index contributed by atoms with van der Waals surface area (Å²) in [5.41, 5.74) is 0.868. The normalized spacial score (nSPS) is 16.5. The highest BCUT2D eigenvalue weighted by Crippen LogP contribution is 2.10. The molecule has 1 aliphatic rings. The first-order chi connectivity index (χ1) is 7.86. The van der Waals surface area contributed by atoms with Crippen molar-refractivity contribution in [1.29, 1.82) is 0 Å². The zero-order chi connectivity index (χ0) is 11.2. The lowest BCUT2D eigenvalue weighted by Crippen LogP contribution is -2.36. The van der Waals surface area contributed by atoms with Crippen LogP contribution in [0.2, 0.25) is 0 Å². The number of thiophene rings is 1. The van der Waals surface area contributed by atoms with E-state index in [0.717, 1.165) is 44.8 Å². The van der Waals surface area contributed by atoms with E-state index in [1.165, 1.54) is 0 Å². The number of nitrogens with zero attached hydrogens (tertiary/aromatic N) is 1. The minimum Gasteiger partial charge on any atom is -0.379 e. The molecule has 96 valence electrons. The number of rotatable bonds is 5. The van der Waals surface area contributed by atoms with Gasteiger partial charge < -0.3 is 4.74 Å². The third-order valence-corrected chi connectivity index (χ3v) is 3.51. The highest BCUT2D eigenvalue weighted by molar-refractivity contribution is 8.93. The standard InChI is InChI=1S/C12H17NO2S.BrH/c14-12(11-3-9-16-10-11)2-1-4-13-5-7-15-8-6-13;/h3,9-10H,1-2,4-8H2;1H. The highest BCUT2D eigenvalue weighted by Gasteiger charge is 2.11. The molecule has 0 unspecified atom stereocenters. The van der Waals surface area contributed by atoms with Gasteiger partial charge in [0.2, 0.25) is 0 Å². The number of halogens is 1. The van der Waals surface area contributed by atoms with Crippen molar-refractivity contribution < 1.29 is 9.53 Å². The molecule has 2 rings (SSSR count). The fourth-order valence-corrected chi connectivity index (χ4v) is 2.52. The summed E-state index contributed by atoms with van der Waals surface area (Å²) in [5.74, 6) is 0.273. The summed E-state index contributed by atoms with van der Waals surface area (Å²) in [6.07, 6.45) is 1.61. The summed E-state index contributed by atoms with van der Waals surface area (Å²) in [6.45, 7) is 4.69. The van der Waals surface area contributed by atoms with Gasteiger partial charge in [-0.05, 0) is 24.4 Å². The number of morpholine rings is 1. The van der Waals surface area contributed by atoms with Crippen LogP contribution in [-0.2, 0) is 4.74 Å². The Morgan fingerprint density at radius 1 is 1.41 bits per heavy atom. The van der Waals surface area contributed by atoms with Crippen molar-refractivity contribution >= 4 is 34.1 Å². The van der Waals surface area contributed by atoms with Crippen molar-refractivity contribution in [2.75, 3.05) is 32.8 Å². The van der Waals surface area contributed by atoms with Crippen LogP contribution in [0.5, 0.6) is 0 Å². The molecule has 0 spiro atoms. The van der Waals surface area contributed by atoms with Crippen LogP contribution < -0.4 is 0 Å². The lowest BCUT2D eigenvalue weighted by molar-refractivity contribution is 0.0371. The van der Waals surface area contributed by atoms with E-state index in [-0.39, 0.29) is 22.8 Å². The van der Waals surface area contributed by atoms with Crippen LogP contribution in [-0.4, -0.2) is 43.5 Å². The Hall–Kier alpha value is -0.230. The van der Waals surface area contributed by atoms with Crippen molar-refractivity contribution in [3.8, 4) is 0 Å². The van der Waals surface area contributed by atoms with Crippen molar-refractivity contribution in [1.82, 2.24) is 4.90 Å². The van der Waals surface area contributed by atoms with Gasteiger partial charge in [-0.15, -0.1) is 17.0 Å². The van der Waals surface area contributed by atoms with Gasteiger partial charge in [0.1, 0.15) is 0 Å². The maximum Gasteiger partial charge on any atom is 0.163 e. The zero-order valence-electron chi connectivity index (χ0n) is 9.76. The first-order valence-electron chi connectivity index (χ1n) is 5.72. The van der Waals surface area contributed by atoms with Crippen LogP contribution in [0.1, 0.15) is 23.2 Å². The molecular formula is C12H18BrNO2S. The Morgan fingerprint density at radius 3 is 2.82 bits per heavy atom. The number of hydrogen-bond acceptors (Lipinski definition) is 4. The number of carbonyl (C=O) groups excluding carboxylic acids is 1. The summed E-state index contributed by atoms with van der Waals surface area (Å²) < 4.78 is 5.28. The third kappa shape index (κ3) is 4.87. The molecule has 3 nitrogen and oxygen atoms in total. The van der Waals surface area contributed by atoms with Gasteiger partial charge in [0.05, 0.1) is 13.2 Å². The molecule has 5 heteroatoms. The van der Waals surface area contributed by atoms with Crippen LogP contribution in [0.15, 0.2) is 16.8 Å². The van der Waals surface area contributed by atoms with Crippen LogP contribution in [0, 0.1) is 0 Å². The summed E-state index contributed by atoms with van der Waals surface area (Å²) in [4.78, 5) is 14.1. The summed E-state index contributed by atoms with van der Waals surface area (Å²) in [6, 6.07) is 1.90. The molecule has 0 atom stereocenters. The van der Waals surface area contributed by atoms with E-state index in [0.29, 0.717) is 6.42 Å². The molecule has 1 aliphatic heterocycles. The maximum absolute atomic E-state index is 11.7. The van der Waals surface area contributed by atoms with E-state index in [9.17, 15) is 4.79 Å². The second-order valence-corrected chi connectivity index (χ2v) is 4.77. The number of ether oxygens (including phenoxy) is 1. The summed E-state index contributed by atoms with van der Waals surface area (Å²) in [5, 5.41) is 3.88. The molecule has 0 N–H and O–H groups in total. The van der Waals surface area contributed by atoms with Crippen molar-refractivity contribution in [3.05, 3.63) is 22.4 Å². The first kappa shape index (κ1) is 14.8. The van der Waals surface area contributed by atoms with Gasteiger partial charge in [0.15, 0.2) is 5.78 Å². The van der Waals surface area contributed by atoms with Crippen molar-refractivity contribution in [2.24, 2.45) is 0 Å². The second kappa shape index (κ2) is 7.97. The van der Waals surface area contributed by atoms with Crippen LogP contribution in [0.3, 0.4) is 0 Å². The SMILES string of the molecule is Br.O=C(CCCN1CCOCC1)c1ccsc1. The highest BCUT2D eigenvalue weighted by atomic mass is 79.9. The Kier molecular flexibility index (Phi) is 6.96. The number of Topliss-reactive ketones (excluding diaryl/α,β-unsaturated/α-hetero) is 1. The van der Waals surface area contributed by atoms with Crippen molar-refractivity contribution in [3.63, 3.8) is 0 Å². The van der Waals surface area contributed by atoms with Gasteiger partial charge in [-0.1, -0.05) is 0 Å². The average Bonchev–Trinajstić information content (AvgIpc) is 2.84. The first-order valence-corrected chi connectivity index (χ1v) is 6.66. The number of carbonyl (C=O) groups is 1. The Labute approximate surface area is 117 Å². The predicted octanol–water partition coefficient (Wildman–Crippen LogP) is 2.62. The Morgan fingerprint density at radius 2 is 2.18 bits per heavy atom. The molecule has 0 amide bonds. The van der Waals surface area contributed by atoms with Gasteiger partial charge in [-0.2, -0.15) is 11.3 Å². The predicted molar refractivity (Wildman–Crippen MR) is 75.5 cm³/mol. The smallest absolute Gasteiger partial charge is 0.163 e. The zero-order valence-corrected chi connectivity index (χ0v) is 12.3. The molecule has 0 aliphatic carbocycles. The van der Waals surface area contributed by atoms with Gasteiger partial charge in [-0.25, -0.2) is 0 Å². The van der Waals surface area contributed by atoms with Crippen LogP contribution in [0.25, 0.3) is 0 Å². The fourth-order valence-electron chi connectivity index (χ4n) is 1.86. The van der Waals surface area contributed by atoms with Gasteiger partial charge in [0.25, 0.3) is 0 Å². The molecule has 0 saturated carbocycles. The topological polar surface area (TPSA) is 29.5 Å². The molecule has 2 heterocycles. The molecular weight excluding hydrogens is 302 g/mol. The average molecular weight is 320 g/mol. The minimum atomic E-state index is 0. The Bertz CT molecular complexity index is 323. The quantitative estimate of drug-likeness (QED) is 0.781. The van der Waals surface area contributed by atoms with E-state index in [2.05, 4.69) is 4.90 Å². The van der Waals surface area contributed by atoms with Gasteiger partial charge >= 0.3 is 0 Å².